The molecule has 2 aliphatic heterocycles. The Labute approximate surface area is 325 Å². The Morgan fingerprint density at radius 1 is 0.648 bits per heavy atom. The van der Waals surface area contributed by atoms with E-state index in [-0.39, 0.29) is 36.2 Å². The fourth-order valence-electron chi connectivity index (χ4n) is 5.93. The molecule has 54 heavy (non-hydrogen) atoms. The van der Waals surface area contributed by atoms with Crippen LogP contribution < -0.4 is 21.3 Å². The van der Waals surface area contributed by atoms with Crippen LogP contribution in [0.25, 0.3) is 0 Å². The SMILES string of the molecule is O=C(CCCC[C@@H]1SC[C@@H]2NC(=O)N[C@@H]21)NCCOCCOCCOCCOCCOCCOCCOCCOCCNC(=O)OC1CC/C=C\CCC1. The van der Waals surface area contributed by atoms with Crippen molar-refractivity contribution in [2.24, 2.45) is 0 Å². The maximum absolute atomic E-state index is 12.0. The summed E-state index contributed by atoms with van der Waals surface area (Å²) in [7, 11) is 0. The number of urea groups is 1. The Kier molecular flexibility index (Phi) is 27.3. The predicted octanol–water partition coefficient (Wildman–Crippen LogP) is 2.58. The van der Waals surface area contributed by atoms with Gasteiger partial charge in [0.15, 0.2) is 0 Å². The van der Waals surface area contributed by atoms with E-state index in [9.17, 15) is 14.4 Å². The number of carbonyl (C=O) groups excluding carboxylic acids is 3. The number of hydrogen-bond acceptors (Lipinski definition) is 13. The first-order valence-electron chi connectivity index (χ1n) is 19.8. The summed E-state index contributed by atoms with van der Waals surface area (Å²) >= 11 is 1.90. The molecule has 3 rings (SSSR count). The van der Waals surface area contributed by atoms with E-state index >= 15 is 0 Å². The standard InChI is InChI=1S/C37H66N4O12S/c42-34(11-7-6-10-33-35-32(30-54-33)40-36(43)41-35)38-12-14-45-16-18-47-20-22-49-24-26-51-28-29-52-27-25-50-23-21-48-19-17-46-15-13-39-37(44)53-31-8-4-2-1-3-5-9-31/h1-2,31-33,35H,3-30H2,(H,38,42)(H,39,44)(H2,40,41,43)/b2-1-/t31?,32-,33-,35-/m0/s1. The highest BCUT2D eigenvalue weighted by atomic mass is 32.2. The van der Waals surface area contributed by atoms with Gasteiger partial charge in [-0.3, -0.25) is 4.79 Å². The zero-order valence-electron chi connectivity index (χ0n) is 32.1. The largest absolute Gasteiger partial charge is 0.446 e. The fraction of sp³-hybridized carbons (Fsp3) is 0.865. The molecule has 0 aromatic rings. The van der Waals surface area contributed by atoms with Crippen molar-refractivity contribution < 1.29 is 57.0 Å². The lowest BCUT2D eigenvalue weighted by Gasteiger charge is -2.18. The maximum Gasteiger partial charge on any atom is 0.407 e. The van der Waals surface area contributed by atoms with Crippen molar-refractivity contribution in [2.75, 3.05) is 125 Å². The molecule has 3 aliphatic rings. The molecular weight excluding hydrogens is 724 g/mol. The van der Waals surface area contributed by atoms with Crippen LogP contribution in [0.1, 0.15) is 57.8 Å². The van der Waals surface area contributed by atoms with Gasteiger partial charge in [-0.05, 0) is 44.9 Å². The van der Waals surface area contributed by atoms with E-state index in [2.05, 4.69) is 33.4 Å². The minimum atomic E-state index is -0.380. The second-order valence-electron chi connectivity index (χ2n) is 13.1. The Morgan fingerprint density at radius 3 is 1.74 bits per heavy atom. The van der Waals surface area contributed by atoms with Crippen LogP contribution in [-0.4, -0.2) is 166 Å². The van der Waals surface area contributed by atoms with Crippen molar-refractivity contribution in [1.29, 1.82) is 0 Å². The lowest BCUT2D eigenvalue weighted by atomic mass is 10.0. The van der Waals surface area contributed by atoms with Gasteiger partial charge in [0.25, 0.3) is 0 Å². The van der Waals surface area contributed by atoms with Crippen LogP contribution in [0.4, 0.5) is 9.59 Å². The van der Waals surface area contributed by atoms with Gasteiger partial charge >= 0.3 is 12.1 Å². The van der Waals surface area contributed by atoms with Crippen LogP contribution >= 0.6 is 11.8 Å². The highest BCUT2D eigenvalue weighted by molar-refractivity contribution is 8.00. The lowest BCUT2D eigenvalue weighted by Crippen LogP contribution is -2.36. The molecule has 0 aromatic carbocycles. The van der Waals surface area contributed by atoms with Crippen molar-refractivity contribution in [2.45, 2.75) is 81.2 Å². The number of unbranched alkanes of at least 4 members (excludes halogenated alkanes) is 1. The highest BCUT2D eigenvalue weighted by Crippen LogP contribution is 2.33. The number of fused-ring (bicyclic) bond motifs is 1. The number of ether oxygens (including phenoxy) is 9. The summed E-state index contributed by atoms with van der Waals surface area (Å²) in [6, 6.07) is 0.403. The van der Waals surface area contributed by atoms with Gasteiger partial charge in [0, 0.05) is 30.5 Å². The van der Waals surface area contributed by atoms with Gasteiger partial charge < -0.3 is 63.9 Å². The third kappa shape index (κ3) is 23.6. The third-order valence-corrected chi connectivity index (χ3v) is 10.3. The Bertz CT molecular complexity index is 1020. The molecule has 1 unspecified atom stereocenters. The molecule has 16 nitrogen and oxygen atoms in total. The molecule has 0 saturated carbocycles. The van der Waals surface area contributed by atoms with Gasteiger partial charge in [-0.1, -0.05) is 18.6 Å². The summed E-state index contributed by atoms with van der Waals surface area (Å²) < 4.78 is 49.4. The normalized spacial score (nSPS) is 21.4. The molecule has 0 spiro atoms. The maximum atomic E-state index is 12.0. The molecule has 312 valence electrons. The van der Waals surface area contributed by atoms with Gasteiger partial charge in [0.05, 0.1) is 118 Å². The van der Waals surface area contributed by atoms with Gasteiger partial charge in [-0.2, -0.15) is 11.8 Å². The van der Waals surface area contributed by atoms with E-state index in [1.807, 2.05) is 11.8 Å². The molecule has 0 aromatic heterocycles. The second-order valence-corrected chi connectivity index (χ2v) is 14.3. The minimum absolute atomic E-state index is 0.0117. The summed E-state index contributed by atoms with van der Waals surface area (Å²) in [6.07, 6.45) is 12.1. The van der Waals surface area contributed by atoms with E-state index in [1.54, 1.807) is 0 Å². The van der Waals surface area contributed by atoms with E-state index < -0.39 is 0 Å². The predicted molar refractivity (Wildman–Crippen MR) is 204 cm³/mol. The van der Waals surface area contributed by atoms with Crippen molar-refractivity contribution in [3.8, 4) is 0 Å². The summed E-state index contributed by atoms with van der Waals surface area (Å²) in [4.78, 5) is 35.4. The first-order chi connectivity index (χ1) is 26.6. The molecule has 4 amide bonds. The quantitative estimate of drug-likeness (QED) is 0.0433. The van der Waals surface area contributed by atoms with Crippen molar-refractivity contribution in [3.05, 3.63) is 12.2 Å². The molecule has 0 radical (unpaired) electrons. The number of amides is 4. The summed E-state index contributed by atoms with van der Waals surface area (Å²) in [5.41, 5.74) is 0. The summed E-state index contributed by atoms with van der Waals surface area (Å²) in [6.45, 7) is 8.34. The smallest absolute Gasteiger partial charge is 0.407 e. The molecule has 2 heterocycles. The number of rotatable bonds is 33. The molecule has 4 N–H and O–H groups in total. The molecule has 17 heteroatoms. The second kappa shape index (κ2) is 31.9. The van der Waals surface area contributed by atoms with Gasteiger partial charge in [-0.15, -0.1) is 0 Å². The van der Waals surface area contributed by atoms with E-state index in [4.69, 9.17) is 42.6 Å². The number of alkyl carbamates (subject to hydrolysis) is 1. The molecular formula is C37H66N4O12S. The minimum Gasteiger partial charge on any atom is -0.446 e. The Balaban J connectivity index is 0.915. The van der Waals surface area contributed by atoms with Gasteiger partial charge in [0.1, 0.15) is 6.10 Å². The van der Waals surface area contributed by atoms with Crippen LogP contribution in [-0.2, 0) is 47.4 Å². The fourth-order valence-corrected chi connectivity index (χ4v) is 7.47. The van der Waals surface area contributed by atoms with E-state index in [1.165, 1.54) is 0 Å². The van der Waals surface area contributed by atoms with Gasteiger partial charge in [-0.25, -0.2) is 9.59 Å². The zero-order chi connectivity index (χ0) is 38.2. The first kappa shape index (κ1) is 46.2. The number of allylic oxidation sites excluding steroid dienone is 2. The molecule has 4 atom stereocenters. The van der Waals surface area contributed by atoms with Crippen molar-refractivity contribution in [1.82, 2.24) is 21.3 Å². The lowest BCUT2D eigenvalue weighted by molar-refractivity contribution is -0.121. The molecule has 2 saturated heterocycles. The van der Waals surface area contributed by atoms with E-state index in [0.717, 1.165) is 57.1 Å². The van der Waals surface area contributed by atoms with E-state index in [0.29, 0.717) is 130 Å². The molecule has 2 fully saturated rings. The third-order valence-electron chi connectivity index (χ3n) is 8.76. The van der Waals surface area contributed by atoms with Gasteiger partial charge in [0.2, 0.25) is 5.91 Å². The average Bonchev–Trinajstić information content (AvgIpc) is 3.71. The number of hydrogen-bond donors (Lipinski definition) is 4. The summed E-state index contributed by atoms with van der Waals surface area (Å²) in [5, 5.41) is 12.0. The number of thioether (sulfide) groups is 1. The number of carbonyl (C=O) groups is 3. The zero-order valence-corrected chi connectivity index (χ0v) is 32.9. The monoisotopic (exact) mass is 790 g/mol. The molecule has 0 bridgehead atoms. The molecule has 1 aliphatic carbocycles. The highest BCUT2D eigenvalue weighted by Gasteiger charge is 2.42. The Hall–Kier alpha value is -2.22. The number of nitrogens with one attached hydrogen (secondary N) is 4. The van der Waals surface area contributed by atoms with Crippen molar-refractivity contribution >= 4 is 29.8 Å². The average molecular weight is 791 g/mol. The van der Waals surface area contributed by atoms with Crippen LogP contribution in [0.5, 0.6) is 0 Å². The van der Waals surface area contributed by atoms with Crippen LogP contribution in [0.2, 0.25) is 0 Å². The van der Waals surface area contributed by atoms with Crippen molar-refractivity contribution in [3.63, 3.8) is 0 Å². The first-order valence-corrected chi connectivity index (χ1v) is 20.8. The van der Waals surface area contributed by atoms with Crippen LogP contribution in [0.15, 0.2) is 12.2 Å². The summed E-state index contributed by atoms with van der Waals surface area (Å²) in [5.74, 6) is 1.000. The topological polar surface area (TPSA) is 182 Å². The van der Waals surface area contributed by atoms with Crippen LogP contribution in [0, 0.1) is 0 Å². The van der Waals surface area contributed by atoms with Crippen LogP contribution in [0.3, 0.4) is 0 Å². The Morgan fingerprint density at radius 2 is 1.17 bits per heavy atom.